The van der Waals surface area contributed by atoms with Crippen molar-refractivity contribution in [3.63, 3.8) is 0 Å². The molecule has 0 atom stereocenters. The first-order valence-electron chi connectivity index (χ1n) is 4.16. The first-order valence-corrected chi connectivity index (χ1v) is 4.16. The predicted octanol–water partition coefficient (Wildman–Crippen LogP) is 0.541. The van der Waals surface area contributed by atoms with Gasteiger partial charge in [-0.2, -0.15) is 0 Å². The molecule has 4 nitrogen and oxygen atoms in total. The Balaban J connectivity index is 2.55. The van der Waals surface area contributed by atoms with Gasteiger partial charge in [0.25, 0.3) is 0 Å². The predicted molar refractivity (Wildman–Crippen MR) is 49.6 cm³/mol. The summed E-state index contributed by atoms with van der Waals surface area (Å²) in [6.45, 7) is 0.583. The zero-order chi connectivity index (χ0) is 9.26. The maximum Gasteiger partial charge on any atom is 0.119 e. The highest BCUT2D eigenvalue weighted by Gasteiger charge is 2.01. The normalized spacial score (nSPS) is 10.8. The van der Waals surface area contributed by atoms with Crippen molar-refractivity contribution in [3.8, 4) is 5.75 Å². The quantitative estimate of drug-likeness (QED) is 0.703. The fourth-order valence-corrected chi connectivity index (χ4v) is 1.36. The molecule has 2 aromatic heterocycles. The molecule has 2 heterocycles. The van der Waals surface area contributed by atoms with E-state index in [4.69, 9.17) is 5.73 Å². The van der Waals surface area contributed by atoms with Crippen LogP contribution in [-0.4, -0.2) is 21.0 Å². The molecular formula is C9H11N3O. The molecule has 0 aliphatic rings. The van der Waals surface area contributed by atoms with Crippen molar-refractivity contribution < 1.29 is 5.11 Å². The van der Waals surface area contributed by atoms with Crippen molar-refractivity contribution in [2.75, 3.05) is 6.54 Å². The zero-order valence-electron chi connectivity index (χ0n) is 7.14. The number of hydrogen-bond donors (Lipinski definition) is 2. The largest absolute Gasteiger partial charge is 0.508 e. The van der Waals surface area contributed by atoms with E-state index in [0.717, 1.165) is 17.8 Å². The van der Waals surface area contributed by atoms with Gasteiger partial charge in [-0.05, 0) is 12.6 Å². The molecule has 2 aromatic rings. The van der Waals surface area contributed by atoms with Gasteiger partial charge in [0.2, 0.25) is 0 Å². The lowest BCUT2D eigenvalue weighted by atomic mass is 10.4. The summed E-state index contributed by atoms with van der Waals surface area (Å²) in [5, 5.41) is 9.20. The summed E-state index contributed by atoms with van der Waals surface area (Å²) in [4.78, 5) is 4.20. The topological polar surface area (TPSA) is 63.5 Å². The number of aromatic hydroxyl groups is 1. The summed E-state index contributed by atoms with van der Waals surface area (Å²) in [6.07, 6.45) is 4.27. The van der Waals surface area contributed by atoms with E-state index >= 15 is 0 Å². The van der Waals surface area contributed by atoms with E-state index in [0.29, 0.717) is 6.54 Å². The van der Waals surface area contributed by atoms with Gasteiger partial charge in [-0.1, -0.05) is 0 Å². The Hall–Kier alpha value is -1.55. The van der Waals surface area contributed by atoms with Crippen molar-refractivity contribution in [1.29, 1.82) is 0 Å². The smallest absolute Gasteiger partial charge is 0.119 e. The molecule has 4 heteroatoms. The van der Waals surface area contributed by atoms with Gasteiger partial charge < -0.3 is 15.2 Å². The van der Waals surface area contributed by atoms with Crippen LogP contribution in [0.2, 0.25) is 0 Å². The van der Waals surface area contributed by atoms with Crippen LogP contribution >= 0.6 is 0 Å². The van der Waals surface area contributed by atoms with Crippen molar-refractivity contribution in [1.82, 2.24) is 9.38 Å². The van der Waals surface area contributed by atoms with E-state index in [1.807, 2.05) is 4.40 Å². The highest BCUT2D eigenvalue weighted by Crippen LogP contribution is 2.13. The Bertz CT molecular complexity index is 422. The second-order valence-corrected chi connectivity index (χ2v) is 2.89. The van der Waals surface area contributed by atoms with E-state index in [9.17, 15) is 5.11 Å². The van der Waals surface area contributed by atoms with Crippen molar-refractivity contribution in [2.24, 2.45) is 5.73 Å². The second-order valence-electron chi connectivity index (χ2n) is 2.89. The SMILES string of the molecule is NCCc1ncc2cc(O)ccn12. The highest BCUT2D eigenvalue weighted by atomic mass is 16.3. The van der Waals surface area contributed by atoms with E-state index in [-0.39, 0.29) is 5.75 Å². The molecule has 0 bridgehead atoms. The number of hydrogen-bond acceptors (Lipinski definition) is 3. The standard InChI is InChI=1S/C9H11N3O/c10-3-1-9-11-6-7-5-8(13)2-4-12(7)9/h2,4-6,13H,1,3,10H2. The number of fused-ring (bicyclic) bond motifs is 1. The minimum atomic E-state index is 0.256. The maximum absolute atomic E-state index is 9.20. The number of aromatic nitrogens is 2. The molecule has 0 aliphatic carbocycles. The molecule has 3 N–H and O–H groups in total. The van der Waals surface area contributed by atoms with Gasteiger partial charge in [0, 0.05) is 18.7 Å². The van der Waals surface area contributed by atoms with Gasteiger partial charge in [-0.15, -0.1) is 0 Å². The lowest BCUT2D eigenvalue weighted by molar-refractivity contribution is 0.475. The van der Waals surface area contributed by atoms with Crippen LogP contribution in [0.1, 0.15) is 5.82 Å². The van der Waals surface area contributed by atoms with Gasteiger partial charge in [0.1, 0.15) is 11.6 Å². The Labute approximate surface area is 75.6 Å². The van der Waals surface area contributed by atoms with Crippen molar-refractivity contribution >= 4 is 5.52 Å². The first kappa shape index (κ1) is 8.07. The van der Waals surface area contributed by atoms with Gasteiger partial charge in [-0.3, -0.25) is 0 Å². The Kier molecular flexibility index (Phi) is 1.90. The lowest BCUT2D eigenvalue weighted by Gasteiger charge is -1.99. The lowest BCUT2D eigenvalue weighted by Crippen LogP contribution is -2.05. The van der Waals surface area contributed by atoms with Gasteiger partial charge >= 0.3 is 0 Å². The molecule has 2 rings (SSSR count). The van der Waals surface area contributed by atoms with Crippen LogP contribution in [0.5, 0.6) is 5.75 Å². The average molecular weight is 177 g/mol. The molecule has 13 heavy (non-hydrogen) atoms. The summed E-state index contributed by atoms with van der Waals surface area (Å²) in [7, 11) is 0. The van der Waals surface area contributed by atoms with Crippen LogP contribution in [-0.2, 0) is 6.42 Å². The van der Waals surface area contributed by atoms with Gasteiger partial charge in [0.05, 0.1) is 11.7 Å². The molecule has 0 saturated carbocycles. The summed E-state index contributed by atoms with van der Waals surface area (Å²) in [5.74, 6) is 1.18. The molecule has 0 spiro atoms. The van der Waals surface area contributed by atoms with E-state index in [1.54, 1.807) is 24.5 Å². The summed E-state index contributed by atoms with van der Waals surface area (Å²) < 4.78 is 1.92. The van der Waals surface area contributed by atoms with E-state index in [1.165, 1.54) is 0 Å². The molecule has 0 aliphatic heterocycles. The minimum absolute atomic E-state index is 0.256. The van der Waals surface area contributed by atoms with Crippen LogP contribution in [0.15, 0.2) is 24.5 Å². The molecule has 0 unspecified atom stereocenters. The number of nitrogens with two attached hydrogens (primary N) is 1. The van der Waals surface area contributed by atoms with Gasteiger partial charge in [0.15, 0.2) is 0 Å². The van der Waals surface area contributed by atoms with Crippen LogP contribution in [0.3, 0.4) is 0 Å². The maximum atomic E-state index is 9.20. The third-order valence-corrected chi connectivity index (χ3v) is 1.96. The fraction of sp³-hybridized carbons (Fsp3) is 0.222. The summed E-state index contributed by atoms with van der Waals surface area (Å²) in [6, 6.07) is 3.31. The van der Waals surface area contributed by atoms with Crippen LogP contribution < -0.4 is 5.73 Å². The van der Waals surface area contributed by atoms with Crippen LogP contribution in [0, 0.1) is 0 Å². The Morgan fingerprint density at radius 1 is 1.54 bits per heavy atom. The van der Waals surface area contributed by atoms with E-state index < -0.39 is 0 Å². The highest BCUT2D eigenvalue weighted by molar-refractivity contribution is 5.50. The number of rotatable bonds is 2. The van der Waals surface area contributed by atoms with Crippen LogP contribution in [0.4, 0.5) is 0 Å². The molecule has 68 valence electrons. The van der Waals surface area contributed by atoms with Crippen molar-refractivity contribution in [2.45, 2.75) is 6.42 Å². The number of pyridine rings is 1. The minimum Gasteiger partial charge on any atom is -0.508 e. The molecule has 0 radical (unpaired) electrons. The number of imidazole rings is 1. The monoisotopic (exact) mass is 177 g/mol. The van der Waals surface area contributed by atoms with Gasteiger partial charge in [-0.25, -0.2) is 4.98 Å². The molecule has 0 saturated heterocycles. The average Bonchev–Trinajstić information content (AvgIpc) is 2.49. The van der Waals surface area contributed by atoms with E-state index in [2.05, 4.69) is 4.98 Å². The Morgan fingerprint density at radius 3 is 3.15 bits per heavy atom. The first-order chi connectivity index (χ1) is 6.31. The van der Waals surface area contributed by atoms with Crippen molar-refractivity contribution in [3.05, 3.63) is 30.4 Å². The molecule has 0 aromatic carbocycles. The molecule has 0 fully saturated rings. The summed E-state index contributed by atoms with van der Waals surface area (Å²) in [5.41, 5.74) is 6.33. The zero-order valence-corrected chi connectivity index (χ0v) is 7.14. The molecular weight excluding hydrogens is 166 g/mol. The molecule has 0 amide bonds. The third kappa shape index (κ3) is 1.36. The number of nitrogens with zero attached hydrogens (tertiary/aromatic N) is 2. The third-order valence-electron chi connectivity index (χ3n) is 1.96. The summed E-state index contributed by atoms with van der Waals surface area (Å²) >= 11 is 0. The Morgan fingerprint density at radius 2 is 2.38 bits per heavy atom. The second kappa shape index (κ2) is 3.06. The fourth-order valence-electron chi connectivity index (χ4n) is 1.36. The van der Waals surface area contributed by atoms with Crippen LogP contribution in [0.25, 0.3) is 5.52 Å².